The molecule has 29 heavy (non-hydrogen) atoms. The summed E-state index contributed by atoms with van der Waals surface area (Å²) in [7, 11) is 0. The molecule has 1 fully saturated rings. The number of benzene rings is 1. The van der Waals surface area contributed by atoms with Crippen molar-refractivity contribution in [3.05, 3.63) is 59.3 Å². The van der Waals surface area contributed by atoms with Crippen LogP contribution in [0, 0.1) is 0 Å². The summed E-state index contributed by atoms with van der Waals surface area (Å²) in [6.45, 7) is 3.60. The van der Waals surface area contributed by atoms with Gasteiger partial charge in [0, 0.05) is 19.6 Å². The first kappa shape index (κ1) is 19.9. The Morgan fingerprint density at radius 2 is 2.10 bits per heavy atom. The molecule has 6 nitrogen and oxygen atoms in total. The summed E-state index contributed by atoms with van der Waals surface area (Å²) in [5, 5.41) is 12.7. The SMILES string of the molecule is O=C(O)C[C@@H](O[C@@H]1CCCN(Cc2ccc3c(n2)NCCC3)C1)c1ccccc1. The zero-order valence-electron chi connectivity index (χ0n) is 16.7. The fraction of sp³-hybridized carbons (Fsp3) is 0.478. The number of pyridine rings is 1. The molecule has 2 aliphatic rings. The minimum absolute atomic E-state index is 0.0153. The van der Waals surface area contributed by atoms with Crippen LogP contribution >= 0.6 is 0 Å². The Kier molecular flexibility index (Phi) is 6.42. The van der Waals surface area contributed by atoms with Crippen molar-refractivity contribution < 1.29 is 14.6 Å². The maximum atomic E-state index is 11.3. The first-order chi connectivity index (χ1) is 14.2. The maximum Gasteiger partial charge on any atom is 0.306 e. The second-order valence-electron chi connectivity index (χ2n) is 7.97. The first-order valence-corrected chi connectivity index (χ1v) is 10.5. The van der Waals surface area contributed by atoms with Gasteiger partial charge in [0.1, 0.15) is 5.82 Å². The molecule has 2 atom stereocenters. The van der Waals surface area contributed by atoms with E-state index in [2.05, 4.69) is 22.3 Å². The molecular formula is C23H29N3O3. The fourth-order valence-electron chi connectivity index (χ4n) is 4.26. The third kappa shape index (κ3) is 5.34. The molecule has 0 spiro atoms. The lowest BCUT2D eigenvalue weighted by molar-refractivity contribution is -0.142. The molecule has 0 bridgehead atoms. The average molecular weight is 396 g/mol. The monoisotopic (exact) mass is 395 g/mol. The number of nitrogens with zero attached hydrogens (tertiary/aromatic N) is 2. The number of carboxylic acids is 1. The molecule has 0 radical (unpaired) electrons. The van der Waals surface area contributed by atoms with Crippen molar-refractivity contribution in [2.75, 3.05) is 25.0 Å². The average Bonchev–Trinajstić information content (AvgIpc) is 2.74. The van der Waals surface area contributed by atoms with Crippen LogP contribution in [0.25, 0.3) is 0 Å². The summed E-state index contributed by atoms with van der Waals surface area (Å²) in [5.74, 6) is 0.196. The number of hydrogen-bond donors (Lipinski definition) is 2. The predicted octanol–water partition coefficient (Wildman–Crippen LogP) is 3.64. The minimum Gasteiger partial charge on any atom is -0.481 e. The van der Waals surface area contributed by atoms with E-state index in [0.29, 0.717) is 0 Å². The Hall–Kier alpha value is -2.44. The lowest BCUT2D eigenvalue weighted by atomic mass is 10.0. The van der Waals surface area contributed by atoms with Gasteiger partial charge in [0.25, 0.3) is 0 Å². The molecule has 0 amide bonds. The highest BCUT2D eigenvalue weighted by atomic mass is 16.5. The van der Waals surface area contributed by atoms with Gasteiger partial charge in [-0.25, -0.2) is 4.98 Å². The van der Waals surface area contributed by atoms with E-state index in [-0.39, 0.29) is 12.5 Å². The van der Waals surface area contributed by atoms with Crippen LogP contribution in [0.2, 0.25) is 0 Å². The van der Waals surface area contributed by atoms with Gasteiger partial charge in [-0.3, -0.25) is 9.69 Å². The van der Waals surface area contributed by atoms with E-state index in [4.69, 9.17) is 9.72 Å². The highest BCUT2D eigenvalue weighted by molar-refractivity contribution is 5.67. The van der Waals surface area contributed by atoms with Crippen molar-refractivity contribution >= 4 is 11.8 Å². The number of nitrogens with one attached hydrogen (secondary N) is 1. The van der Waals surface area contributed by atoms with E-state index in [0.717, 1.165) is 68.9 Å². The molecule has 1 aromatic carbocycles. The van der Waals surface area contributed by atoms with E-state index < -0.39 is 12.1 Å². The van der Waals surface area contributed by atoms with E-state index in [1.807, 2.05) is 30.3 Å². The molecule has 3 heterocycles. The van der Waals surface area contributed by atoms with Gasteiger partial charge in [0.05, 0.1) is 24.3 Å². The van der Waals surface area contributed by atoms with E-state index in [9.17, 15) is 9.90 Å². The summed E-state index contributed by atoms with van der Waals surface area (Å²) in [6.07, 6.45) is 3.87. The van der Waals surface area contributed by atoms with Crippen LogP contribution in [-0.4, -0.2) is 46.7 Å². The van der Waals surface area contributed by atoms with Gasteiger partial charge in [0.15, 0.2) is 0 Å². The van der Waals surface area contributed by atoms with Gasteiger partial charge in [-0.2, -0.15) is 0 Å². The van der Waals surface area contributed by atoms with E-state index >= 15 is 0 Å². The van der Waals surface area contributed by atoms with Gasteiger partial charge in [-0.15, -0.1) is 0 Å². The number of aryl methyl sites for hydroxylation is 1. The molecule has 6 heteroatoms. The van der Waals surface area contributed by atoms with Crippen molar-refractivity contribution in [3.8, 4) is 0 Å². The number of fused-ring (bicyclic) bond motifs is 1. The van der Waals surface area contributed by atoms with Crippen molar-refractivity contribution in [3.63, 3.8) is 0 Å². The third-order valence-electron chi connectivity index (χ3n) is 5.69. The van der Waals surface area contributed by atoms with Crippen molar-refractivity contribution in [1.29, 1.82) is 0 Å². The van der Waals surface area contributed by atoms with Crippen LogP contribution in [0.1, 0.15) is 48.6 Å². The van der Waals surface area contributed by atoms with Crippen LogP contribution in [0.3, 0.4) is 0 Å². The van der Waals surface area contributed by atoms with Gasteiger partial charge in [-0.1, -0.05) is 36.4 Å². The standard InChI is InChI=1S/C23H29N3O3/c27-22(28)14-21(17-6-2-1-3-7-17)29-20-9-5-13-26(16-20)15-19-11-10-18-8-4-12-24-23(18)25-19/h1-3,6-7,10-11,20-21H,4-5,8-9,12-16H2,(H,24,25)(H,27,28)/t20-,21-/m1/s1. The molecule has 154 valence electrons. The summed E-state index contributed by atoms with van der Waals surface area (Å²) < 4.78 is 6.29. The predicted molar refractivity (Wildman–Crippen MR) is 112 cm³/mol. The smallest absolute Gasteiger partial charge is 0.306 e. The van der Waals surface area contributed by atoms with Crippen LogP contribution in [-0.2, 0) is 22.5 Å². The normalized spacial score (nSPS) is 20.5. The zero-order valence-corrected chi connectivity index (χ0v) is 16.7. The summed E-state index contributed by atoms with van der Waals surface area (Å²) in [4.78, 5) is 18.5. The van der Waals surface area contributed by atoms with Crippen LogP contribution in [0.15, 0.2) is 42.5 Å². The number of piperidine rings is 1. The van der Waals surface area contributed by atoms with Crippen molar-refractivity contribution in [2.24, 2.45) is 0 Å². The fourth-order valence-corrected chi connectivity index (χ4v) is 4.26. The van der Waals surface area contributed by atoms with Crippen LogP contribution < -0.4 is 5.32 Å². The molecule has 2 N–H and O–H groups in total. The van der Waals surface area contributed by atoms with Crippen LogP contribution in [0.5, 0.6) is 0 Å². The topological polar surface area (TPSA) is 74.7 Å². The van der Waals surface area contributed by atoms with Crippen molar-refractivity contribution in [1.82, 2.24) is 9.88 Å². The number of carbonyl (C=O) groups is 1. The first-order valence-electron chi connectivity index (χ1n) is 10.5. The zero-order chi connectivity index (χ0) is 20.1. The molecule has 0 unspecified atom stereocenters. The Bertz CT molecular complexity index is 827. The van der Waals surface area contributed by atoms with E-state index in [1.165, 1.54) is 5.56 Å². The Labute approximate surface area is 171 Å². The van der Waals surface area contributed by atoms with Gasteiger partial charge in [0.2, 0.25) is 0 Å². The van der Waals surface area contributed by atoms with Gasteiger partial charge < -0.3 is 15.2 Å². The number of aromatic nitrogens is 1. The molecule has 2 aliphatic heterocycles. The Balaban J connectivity index is 1.39. The van der Waals surface area contributed by atoms with E-state index in [1.54, 1.807) is 0 Å². The molecular weight excluding hydrogens is 366 g/mol. The number of rotatable bonds is 7. The number of ether oxygens (including phenoxy) is 1. The molecule has 1 saturated heterocycles. The highest BCUT2D eigenvalue weighted by Crippen LogP contribution is 2.27. The summed E-state index contributed by atoms with van der Waals surface area (Å²) in [5.41, 5.74) is 3.30. The van der Waals surface area contributed by atoms with Crippen LogP contribution in [0.4, 0.5) is 5.82 Å². The number of likely N-dealkylation sites (tertiary alicyclic amines) is 1. The van der Waals surface area contributed by atoms with Gasteiger partial charge in [-0.05, 0) is 49.4 Å². The molecule has 4 rings (SSSR count). The second-order valence-corrected chi connectivity index (χ2v) is 7.97. The largest absolute Gasteiger partial charge is 0.481 e. The van der Waals surface area contributed by atoms with Gasteiger partial charge >= 0.3 is 5.97 Å². The molecule has 2 aromatic rings. The second kappa shape index (κ2) is 9.37. The lowest BCUT2D eigenvalue weighted by Crippen LogP contribution is -2.40. The highest BCUT2D eigenvalue weighted by Gasteiger charge is 2.26. The minimum atomic E-state index is -0.836. The summed E-state index contributed by atoms with van der Waals surface area (Å²) in [6, 6.07) is 14.0. The Morgan fingerprint density at radius 1 is 1.24 bits per heavy atom. The molecule has 0 saturated carbocycles. The summed E-state index contributed by atoms with van der Waals surface area (Å²) >= 11 is 0. The number of carboxylic acid groups (broad SMARTS) is 1. The number of hydrogen-bond acceptors (Lipinski definition) is 5. The number of anilines is 1. The maximum absolute atomic E-state index is 11.3. The Morgan fingerprint density at radius 3 is 2.93 bits per heavy atom. The molecule has 0 aliphatic carbocycles. The van der Waals surface area contributed by atoms with Crippen molar-refractivity contribution in [2.45, 2.75) is 50.9 Å². The quantitative estimate of drug-likeness (QED) is 0.746. The lowest BCUT2D eigenvalue weighted by Gasteiger charge is -2.34. The molecule has 1 aromatic heterocycles. The third-order valence-corrected chi connectivity index (χ3v) is 5.69. The number of aliphatic carboxylic acids is 1.